The summed E-state index contributed by atoms with van der Waals surface area (Å²) in [6.45, 7) is 2.33. The van der Waals surface area contributed by atoms with Crippen LogP contribution in [0.2, 0.25) is 0 Å². The van der Waals surface area contributed by atoms with Crippen LogP contribution in [-0.4, -0.2) is 16.7 Å². The lowest BCUT2D eigenvalue weighted by molar-refractivity contribution is -0.167. The fourth-order valence-corrected chi connectivity index (χ4v) is 4.95. The minimum absolute atomic E-state index is 0.0107. The van der Waals surface area contributed by atoms with Gasteiger partial charge in [-0.3, -0.25) is 4.79 Å². The van der Waals surface area contributed by atoms with E-state index in [0.717, 1.165) is 46.5 Å². The highest BCUT2D eigenvalue weighted by Gasteiger charge is 2.67. The highest BCUT2D eigenvalue weighted by Crippen LogP contribution is 2.73. The molecule has 3 nitrogen and oxygen atoms in total. The van der Waals surface area contributed by atoms with Crippen LogP contribution in [0.5, 0.6) is 0 Å². The molecule has 3 aliphatic rings. The first kappa shape index (κ1) is 13.3. The number of aliphatic hydroxyl groups excluding tert-OH is 1. The predicted octanol–water partition coefficient (Wildman–Crippen LogP) is 3.40. The van der Waals surface area contributed by atoms with Crippen LogP contribution in [0.3, 0.4) is 0 Å². The van der Waals surface area contributed by atoms with Crippen LogP contribution in [0, 0.1) is 12.3 Å². The number of aromatic nitrogens is 1. The molecule has 3 aliphatic carbocycles. The van der Waals surface area contributed by atoms with Gasteiger partial charge in [-0.1, -0.05) is 24.3 Å². The van der Waals surface area contributed by atoms with Gasteiger partial charge in [0.25, 0.3) is 5.56 Å². The predicted molar refractivity (Wildman–Crippen MR) is 91.9 cm³/mol. The molecule has 3 heteroatoms. The van der Waals surface area contributed by atoms with E-state index in [4.69, 9.17) is 0 Å². The number of fused-ring (bicyclic) bond motifs is 3. The molecular formula is C20H19NO2. The van der Waals surface area contributed by atoms with Crippen molar-refractivity contribution in [1.29, 1.82) is 0 Å². The number of aliphatic hydroxyl groups is 1. The third-order valence-electron chi connectivity index (χ3n) is 6.07. The highest BCUT2D eigenvalue weighted by molar-refractivity contribution is 6.05. The lowest BCUT2D eigenvalue weighted by atomic mass is 9.34. The third kappa shape index (κ3) is 1.61. The number of pyridine rings is 1. The molecule has 0 amide bonds. The van der Waals surface area contributed by atoms with E-state index in [1.807, 2.05) is 13.0 Å². The summed E-state index contributed by atoms with van der Waals surface area (Å²) in [5, 5.41) is 12.3. The first-order chi connectivity index (χ1) is 11.0. The number of nitrogens with one attached hydrogen (secondary N) is 1. The first-order valence-corrected chi connectivity index (χ1v) is 8.22. The maximum absolute atomic E-state index is 12.5. The van der Waals surface area contributed by atoms with Crippen molar-refractivity contribution in [3.63, 3.8) is 0 Å². The minimum atomic E-state index is -0.0107. The molecule has 6 rings (SSSR count). The van der Waals surface area contributed by atoms with Gasteiger partial charge < -0.3 is 10.1 Å². The Hall–Kier alpha value is -2.13. The molecule has 0 spiro atoms. The summed E-state index contributed by atoms with van der Waals surface area (Å²) >= 11 is 0. The van der Waals surface area contributed by atoms with Crippen LogP contribution in [0.15, 0.2) is 41.2 Å². The first-order valence-electron chi connectivity index (χ1n) is 8.22. The van der Waals surface area contributed by atoms with Gasteiger partial charge in [-0.05, 0) is 65.7 Å². The van der Waals surface area contributed by atoms with Gasteiger partial charge in [0, 0.05) is 22.9 Å². The van der Waals surface area contributed by atoms with Crippen LogP contribution in [-0.2, 0) is 5.41 Å². The zero-order chi connectivity index (χ0) is 15.8. The van der Waals surface area contributed by atoms with E-state index in [1.54, 1.807) is 0 Å². The molecule has 1 aromatic heterocycles. The van der Waals surface area contributed by atoms with E-state index in [1.165, 1.54) is 5.56 Å². The second kappa shape index (κ2) is 4.04. The van der Waals surface area contributed by atoms with E-state index < -0.39 is 0 Å². The lowest BCUT2D eigenvalue weighted by Crippen LogP contribution is -2.66. The Balaban J connectivity index is 1.70. The molecular weight excluding hydrogens is 286 g/mol. The summed E-state index contributed by atoms with van der Waals surface area (Å²) in [4.78, 5) is 15.6. The van der Waals surface area contributed by atoms with Gasteiger partial charge in [0.2, 0.25) is 0 Å². The van der Waals surface area contributed by atoms with Crippen molar-refractivity contribution in [1.82, 2.24) is 4.98 Å². The molecule has 0 saturated heterocycles. The average molecular weight is 305 g/mol. The number of rotatable bonds is 2. The van der Waals surface area contributed by atoms with Crippen molar-refractivity contribution < 1.29 is 5.11 Å². The Morgan fingerprint density at radius 2 is 1.78 bits per heavy atom. The molecule has 2 bridgehead atoms. The maximum Gasteiger partial charge on any atom is 0.256 e. The third-order valence-corrected chi connectivity index (χ3v) is 6.07. The Labute approximate surface area is 134 Å². The molecule has 0 aliphatic heterocycles. The van der Waals surface area contributed by atoms with E-state index in [0.29, 0.717) is 6.61 Å². The fourth-order valence-electron chi connectivity index (χ4n) is 4.95. The molecule has 0 atom stereocenters. The van der Waals surface area contributed by atoms with Gasteiger partial charge >= 0.3 is 0 Å². The molecule has 0 unspecified atom stereocenters. The zero-order valence-corrected chi connectivity index (χ0v) is 13.1. The molecule has 2 N–H and O–H groups in total. The minimum Gasteiger partial charge on any atom is -0.396 e. The van der Waals surface area contributed by atoms with E-state index in [-0.39, 0.29) is 16.4 Å². The normalized spacial score (nSPS) is 28.6. The van der Waals surface area contributed by atoms with Crippen LogP contribution < -0.4 is 5.56 Å². The number of aromatic amines is 1. The summed E-state index contributed by atoms with van der Waals surface area (Å²) in [7, 11) is 0. The molecule has 3 saturated carbocycles. The quantitative estimate of drug-likeness (QED) is 0.713. The highest BCUT2D eigenvalue weighted by atomic mass is 16.3. The molecule has 1 heterocycles. The van der Waals surface area contributed by atoms with Crippen molar-refractivity contribution in [2.24, 2.45) is 5.41 Å². The Bertz CT molecular complexity index is 1010. The Kier molecular flexibility index (Phi) is 2.34. The van der Waals surface area contributed by atoms with Crippen molar-refractivity contribution in [2.75, 3.05) is 6.61 Å². The monoisotopic (exact) mass is 305 g/mol. The molecule has 23 heavy (non-hydrogen) atoms. The van der Waals surface area contributed by atoms with Crippen molar-refractivity contribution in [2.45, 2.75) is 31.6 Å². The second-order valence-electron chi connectivity index (χ2n) is 7.73. The van der Waals surface area contributed by atoms with E-state index in [9.17, 15) is 9.90 Å². The molecule has 3 aromatic rings. The summed E-state index contributed by atoms with van der Waals surface area (Å²) in [6, 6.07) is 12.6. The second-order valence-corrected chi connectivity index (χ2v) is 7.73. The molecule has 116 valence electrons. The maximum atomic E-state index is 12.5. The van der Waals surface area contributed by atoms with Crippen molar-refractivity contribution >= 4 is 21.7 Å². The summed E-state index contributed by atoms with van der Waals surface area (Å²) in [5.74, 6) is 0. The van der Waals surface area contributed by atoms with Gasteiger partial charge in [0.15, 0.2) is 0 Å². The smallest absolute Gasteiger partial charge is 0.256 e. The number of H-pyrrole nitrogens is 1. The SMILES string of the molecule is Cc1ccc2c(c1)[nH]c(=O)c1cc(C34CC(CO)(C3)C4)ccc12. The number of hydrogen-bond donors (Lipinski definition) is 2. The summed E-state index contributed by atoms with van der Waals surface area (Å²) in [5.41, 5.74) is 3.70. The Morgan fingerprint density at radius 3 is 2.52 bits per heavy atom. The van der Waals surface area contributed by atoms with Gasteiger partial charge in [-0.25, -0.2) is 0 Å². The van der Waals surface area contributed by atoms with Crippen molar-refractivity contribution in [3.8, 4) is 0 Å². The van der Waals surface area contributed by atoms with Crippen LogP contribution in [0.1, 0.15) is 30.4 Å². The number of benzene rings is 2. The topological polar surface area (TPSA) is 53.1 Å². The van der Waals surface area contributed by atoms with Gasteiger partial charge in [0.05, 0.1) is 0 Å². The molecule has 3 fully saturated rings. The van der Waals surface area contributed by atoms with Gasteiger partial charge in [0.1, 0.15) is 0 Å². The van der Waals surface area contributed by atoms with Crippen LogP contribution in [0.4, 0.5) is 0 Å². The van der Waals surface area contributed by atoms with Gasteiger partial charge in [-0.2, -0.15) is 0 Å². The molecule has 0 radical (unpaired) electrons. The van der Waals surface area contributed by atoms with Crippen LogP contribution in [0.25, 0.3) is 21.7 Å². The van der Waals surface area contributed by atoms with Crippen LogP contribution >= 0.6 is 0 Å². The van der Waals surface area contributed by atoms with Crippen molar-refractivity contribution in [3.05, 3.63) is 57.9 Å². The van der Waals surface area contributed by atoms with E-state index >= 15 is 0 Å². The standard InChI is InChI=1S/C20H19NO2/c1-12-2-4-15-14-5-3-13(20-8-19(9-20,10-20)11-22)7-16(14)18(23)21-17(15)6-12/h2-7,22H,8-11H2,1H3,(H,21,23). The summed E-state index contributed by atoms with van der Waals surface area (Å²) in [6.07, 6.45) is 3.19. The largest absolute Gasteiger partial charge is 0.396 e. The average Bonchev–Trinajstić information content (AvgIpc) is 2.45. The number of hydrogen-bond acceptors (Lipinski definition) is 2. The lowest BCUT2D eigenvalue weighted by Gasteiger charge is -2.70. The fraction of sp³-hybridized carbons (Fsp3) is 0.350. The van der Waals surface area contributed by atoms with E-state index in [2.05, 4.69) is 35.3 Å². The zero-order valence-electron chi connectivity index (χ0n) is 13.1. The van der Waals surface area contributed by atoms with Gasteiger partial charge in [-0.15, -0.1) is 0 Å². The molecule has 2 aromatic carbocycles. The Morgan fingerprint density at radius 1 is 1.04 bits per heavy atom. The number of aryl methyl sites for hydroxylation is 1. The summed E-state index contributed by atoms with van der Waals surface area (Å²) < 4.78 is 0.